The van der Waals surface area contributed by atoms with E-state index in [1.165, 1.54) is 0 Å². The first-order valence-corrected chi connectivity index (χ1v) is 6.07. The summed E-state index contributed by atoms with van der Waals surface area (Å²) in [7, 11) is 0. The van der Waals surface area contributed by atoms with Crippen LogP contribution in [0.5, 0.6) is 0 Å². The summed E-state index contributed by atoms with van der Waals surface area (Å²) in [6.45, 7) is 4.89. The third-order valence-corrected chi connectivity index (χ3v) is 2.75. The minimum atomic E-state index is -0.267. The SMILES string of the molecule is CCN(CC)C(=O)/C(C#N)=C\c1ccc(C#N)cc1. The van der Waals surface area contributed by atoms with Crippen molar-refractivity contribution in [2.75, 3.05) is 13.1 Å². The summed E-state index contributed by atoms with van der Waals surface area (Å²) in [5.74, 6) is -0.267. The van der Waals surface area contributed by atoms with Crippen LogP contribution in [0, 0.1) is 22.7 Å². The number of amides is 1. The average molecular weight is 253 g/mol. The number of hydrogen-bond acceptors (Lipinski definition) is 3. The Morgan fingerprint density at radius 3 is 2.21 bits per heavy atom. The van der Waals surface area contributed by atoms with E-state index in [4.69, 9.17) is 10.5 Å². The Hall–Kier alpha value is -2.59. The highest BCUT2D eigenvalue weighted by molar-refractivity contribution is 6.01. The van der Waals surface area contributed by atoms with Gasteiger partial charge in [0, 0.05) is 13.1 Å². The van der Waals surface area contributed by atoms with E-state index in [9.17, 15) is 4.79 Å². The maximum Gasteiger partial charge on any atom is 0.264 e. The van der Waals surface area contributed by atoms with Crippen LogP contribution < -0.4 is 0 Å². The maximum atomic E-state index is 12.0. The van der Waals surface area contributed by atoms with Gasteiger partial charge in [0.05, 0.1) is 11.6 Å². The van der Waals surface area contributed by atoms with E-state index in [0.717, 1.165) is 5.56 Å². The Labute approximate surface area is 113 Å². The molecule has 1 rings (SSSR count). The van der Waals surface area contributed by atoms with E-state index < -0.39 is 0 Å². The molecule has 0 aliphatic carbocycles. The fraction of sp³-hybridized carbons (Fsp3) is 0.267. The lowest BCUT2D eigenvalue weighted by Gasteiger charge is -2.17. The highest BCUT2D eigenvalue weighted by Crippen LogP contribution is 2.10. The predicted octanol–water partition coefficient (Wildman–Crippen LogP) is 2.33. The van der Waals surface area contributed by atoms with Crippen molar-refractivity contribution in [2.24, 2.45) is 0 Å². The van der Waals surface area contributed by atoms with Crippen LogP contribution in [0.15, 0.2) is 29.8 Å². The fourth-order valence-electron chi connectivity index (χ4n) is 1.64. The van der Waals surface area contributed by atoms with Gasteiger partial charge in [0.2, 0.25) is 0 Å². The molecule has 4 nitrogen and oxygen atoms in total. The Morgan fingerprint density at radius 2 is 1.79 bits per heavy atom. The molecule has 0 saturated carbocycles. The smallest absolute Gasteiger partial charge is 0.264 e. The number of nitriles is 2. The summed E-state index contributed by atoms with van der Waals surface area (Å²) in [4.78, 5) is 13.6. The third-order valence-electron chi connectivity index (χ3n) is 2.75. The van der Waals surface area contributed by atoms with Crippen molar-refractivity contribution in [2.45, 2.75) is 13.8 Å². The van der Waals surface area contributed by atoms with Gasteiger partial charge in [-0.2, -0.15) is 10.5 Å². The van der Waals surface area contributed by atoms with Crippen molar-refractivity contribution < 1.29 is 4.79 Å². The number of likely N-dealkylation sites (N-methyl/N-ethyl adjacent to an activating group) is 1. The molecule has 0 atom stereocenters. The molecule has 0 saturated heterocycles. The molecule has 1 amide bonds. The van der Waals surface area contributed by atoms with Crippen LogP contribution >= 0.6 is 0 Å². The summed E-state index contributed by atoms with van der Waals surface area (Å²) < 4.78 is 0. The Bertz CT molecular complexity index is 555. The van der Waals surface area contributed by atoms with Gasteiger partial charge in [0.1, 0.15) is 11.6 Å². The van der Waals surface area contributed by atoms with Gasteiger partial charge in [0.15, 0.2) is 0 Å². The molecule has 0 fully saturated rings. The lowest BCUT2D eigenvalue weighted by atomic mass is 10.1. The standard InChI is InChI=1S/C15H15N3O/c1-3-18(4-2)15(19)14(11-17)9-12-5-7-13(10-16)8-6-12/h5-9H,3-4H2,1-2H3/b14-9-. The Balaban J connectivity index is 3.02. The Morgan fingerprint density at radius 1 is 1.21 bits per heavy atom. The number of hydrogen-bond donors (Lipinski definition) is 0. The molecule has 0 aliphatic rings. The minimum Gasteiger partial charge on any atom is -0.339 e. The zero-order chi connectivity index (χ0) is 14.3. The number of carbonyl (C=O) groups excluding carboxylic acids is 1. The normalized spacial score (nSPS) is 10.4. The highest BCUT2D eigenvalue weighted by Gasteiger charge is 2.14. The van der Waals surface area contributed by atoms with E-state index in [0.29, 0.717) is 18.7 Å². The van der Waals surface area contributed by atoms with Gasteiger partial charge >= 0.3 is 0 Å². The number of nitrogens with zero attached hydrogens (tertiary/aromatic N) is 3. The monoisotopic (exact) mass is 253 g/mol. The molecule has 1 aromatic carbocycles. The summed E-state index contributed by atoms with van der Waals surface area (Å²) in [5.41, 5.74) is 1.38. The van der Waals surface area contributed by atoms with Crippen molar-refractivity contribution >= 4 is 12.0 Å². The van der Waals surface area contributed by atoms with Crippen LogP contribution in [0.25, 0.3) is 6.08 Å². The van der Waals surface area contributed by atoms with Gasteiger partial charge in [-0.15, -0.1) is 0 Å². The molecule has 0 radical (unpaired) electrons. The van der Waals surface area contributed by atoms with Crippen LogP contribution in [0.4, 0.5) is 0 Å². The molecular weight excluding hydrogens is 238 g/mol. The molecular formula is C15H15N3O. The molecule has 19 heavy (non-hydrogen) atoms. The molecule has 0 heterocycles. The first-order chi connectivity index (χ1) is 9.15. The number of benzene rings is 1. The summed E-state index contributed by atoms with van der Waals surface area (Å²) >= 11 is 0. The zero-order valence-electron chi connectivity index (χ0n) is 11.1. The van der Waals surface area contributed by atoms with Crippen LogP contribution in [0.3, 0.4) is 0 Å². The van der Waals surface area contributed by atoms with Crippen molar-refractivity contribution in [1.29, 1.82) is 10.5 Å². The zero-order valence-corrected chi connectivity index (χ0v) is 11.1. The molecule has 0 bridgehead atoms. The van der Waals surface area contributed by atoms with Gasteiger partial charge in [-0.05, 0) is 37.6 Å². The molecule has 0 spiro atoms. The van der Waals surface area contributed by atoms with Crippen LogP contribution in [0.2, 0.25) is 0 Å². The summed E-state index contributed by atoms with van der Waals surface area (Å²) in [6, 6.07) is 10.7. The van der Waals surface area contributed by atoms with Crippen molar-refractivity contribution in [3.8, 4) is 12.1 Å². The third kappa shape index (κ3) is 3.69. The maximum absolute atomic E-state index is 12.0. The van der Waals surface area contributed by atoms with Gasteiger partial charge < -0.3 is 4.90 Å². The summed E-state index contributed by atoms with van der Waals surface area (Å²) in [6.07, 6.45) is 1.54. The lowest BCUT2D eigenvalue weighted by Crippen LogP contribution is -2.31. The minimum absolute atomic E-state index is 0.105. The number of carbonyl (C=O) groups is 1. The van der Waals surface area contributed by atoms with Gasteiger partial charge in [-0.1, -0.05) is 12.1 Å². The van der Waals surface area contributed by atoms with E-state index in [2.05, 4.69) is 0 Å². The lowest BCUT2D eigenvalue weighted by molar-refractivity contribution is -0.126. The van der Waals surface area contributed by atoms with Gasteiger partial charge in [0.25, 0.3) is 5.91 Å². The first-order valence-electron chi connectivity index (χ1n) is 6.07. The Kier molecular flexibility index (Phi) is 5.32. The quantitative estimate of drug-likeness (QED) is 0.611. The van der Waals surface area contributed by atoms with Gasteiger partial charge in [-0.3, -0.25) is 4.79 Å². The van der Waals surface area contributed by atoms with E-state index >= 15 is 0 Å². The molecule has 0 aromatic heterocycles. The van der Waals surface area contributed by atoms with Crippen LogP contribution in [-0.2, 0) is 4.79 Å². The fourth-order valence-corrected chi connectivity index (χ4v) is 1.64. The average Bonchev–Trinajstić information content (AvgIpc) is 2.46. The van der Waals surface area contributed by atoms with Crippen molar-refractivity contribution in [3.63, 3.8) is 0 Å². The second-order valence-electron chi connectivity index (χ2n) is 3.88. The number of rotatable bonds is 4. The summed E-state index contributed by atoms with van der Waals surface area (Å²) in [5, 5.41) is 17.8. The molecule has 0 unspecified atom stereocenters. The topological polar surface area (TPSA) is 67.9 Å². The highest BCUT2D eigenvalue weighted by atomic mass is 16.2. The first kappa shape index (κ1) is 14.5. The van der Waals surface area contributed by atoms with Crippen molar-refractivity contribution in [3.05, 3.63) is 41.0 Å². The second-order valence-corrected chi connectivity index (χ2v) is 3.88. The molecule has 0 N–H and O–H groups in total. The molecule has 0 aliphatic heterocycles. The molecule has 4 heteroatoms. The van der Waals surface area contributed by atoms with E-state index in [1.807, 2.05) is 26.0 Å². The van der Waals surface area contributed by atoms with Crippen LogP contribution in [-0.4, -0.2) is 23.9 Å². The largest absolute Gasteiger partial charge is 0.339 e. The van der Waals surface area contributed by atoms with Gasteiger partial charge in [-0.25, -0.2) is 0 Å². The van der Waals surface area contributed by atoms with Crippen LogP contribution in [0.1, 0.15) is 25.0 Å². The predicted molar refractivity (Wildman–Crippen MR) is 72.7 cm³/mol. The van der Waals surface area contributed by atoms with Crippen molar-refractivity contribution in [1.82, 2.24) is 4.90 Å². The molecule has 1 aromatic rings. The second kappa shape index (κ2) is 6.98. The molecule has 96 valence electrons. The van der Waals surface area contributed by atoms with E-state index in [1.54, 1.807) is 35.2 Å². The van der Waals surface area contributed by atoms with E-state index in [-0.39, 0.29) is 11.5 Å².